The van der Waals surface area contributed by atoms with Gasteiger partial charge in [-0.15, -0.1) is 6.42 Å². The number of carboxylic acids is 1. The first-order valence-corrected chi connectivity index (χ1v) is 11.0. The second kappa shape index (κ2) is 10.5. The number of terminal acetylenes is 1. The summed E-state index contributed by atoms with van der Waals surface area (Å²) in [7, 11) is 0. The van der Waals surface area contributed by atoms with Crippen LogP contribution in [0.5, 0.6) is 0 Å². The van der Waals surface area contributed by atoms with Crippen LogP contribution in [0.3, 0.4) is 0 Å². The summed E-state index contributed by atoms with van der Waals surface area (Å²) in [6.07, 6.45) is 4.89. The quantitative estimate of drug-likeness (QED) is 0.438. The number of carboxylic acid groups (broad SMARTS) is 1. The standard InChI is InChI=1S/C21H26N4O4S/c1-2-10-24-14-19(26)25-17(8-9-20(27)28)21(29)23(13-18(25)22-24)11-12-30-15-16-6-4-3-5-7-16/h1,3-7,17-18,22H,8-15H2,(H,27,28)/t17-,18+/m0/s1. The van der Waals surface area contributed by atoms with Crippen molar-refractivity contribution in [3.8, 4) is 12.3 Å². The van der Waals surface area contributed by atoms with E-state index in [1.807, 2.05) is 18.2 Å². The number of amides is 2. The minimum atomic E-state index is -0.985. The van der Waals surface area contributed by atoms with Crippen LogP contribution in [0.1, 0.15) is 18.4 Å². The Morgan fingerprint density at radius 3 is 2.77 bits per heavy atom. The molecule has 0 unspecified atom stereocenters. The van der Waals surface area contributed by atoms with E-state index in [2.05, 4.69) is 23.5 Å². The van der Waals surface area contributed by atoms with Crippen LogP contribution in [0.2, 0.25) is 0 Å². The van der Waals surface area contributed by atoms with Crippen LogP contribution in [0.15, 0.2) is 30.3 Å². The van der Waals surface area contributed by atoms with Crippen LogP contribution in [-0.4, -0.2) is 81.8 Å². The molecule has 2 aliphatic rings. The van der Waals surface area contributed by atoms with E-state index in [0.29, 0.717) is 13.1 Å². The summed E-state index contributed by atoms with van der Waals surface area (Å²) >= 11 is 1.73. The number of benzene rings is 1. The minimum Gasteiger partial charge on any atom is -0.481 e. The van der Waals surface area contributed by atoms with Crippen LogP contribution in [0, 0.1) is 12.3 Å². The SMILES string of the molecule is C#CCN1CC(=O)N2[C@H](CN(CCSCc3ccccc3)C(=O)[C@@H]2CCC(=O)O)N1. The predicted octanol–water partition coefficient (Wildman–Crippen LogP) is 0.603. The first-order chi connectivity index (χ1) is 14.5. The molecule has 0 bridgehead atoms. The molecule has 2 amide bonds. The summed E-state index contributed by atoms with van der Waals surface area (Å²) < 4.78 is 0. The lowest BCUT2D eigenvalue weighted by molar-refractivity contribution is -0.168. The fourth-order valence-corrected chi connectivity index (χ4v) is 4.68. The van der Waals surface area contributed by atoms with Crippen molar-refractivity contribution in [2.75, 3.05) is 31.9 Å². The second-order valence-corrected chi connectivity index (χ2v) is 8.38. The lowest BCUT2D eigenvalue weighted by Crippen LogP contribution is -2.74. The summed E-state index contributed by atoms with van der Waals surface area (Å²) in [5.74, 6) is 2.74. The first-order valence-electron chi connectivity index (χ1n) is 9.87. The Labute approximate surface area is 180 Å². The lowest BCUT2D eigenvalue weighted by Gasteiger charge is -2.50. The Morgan fingerprint density at radius 2 is 2.07 bits per heavy atom. The number of fused-ring (bicyclic) bond motifs is 1. The van der Waals surface area contributed by atoms with Gasteiger partial charge in [0.05, 0.1) is 19.6 Å². The Kier molecular flexibility index (Phi) is 7.74. The zero-order chi connectivity index (χ0) is 21.5. The van der Waals surface area contributed by atoms with E-state index in [0.717, 1.165) is 11.5 Å². The zero-order valence-corrected chi connectivity index (χ0v) is 17.5. The number of thioether (sulfide) groups is 1. The van der Waals surface area contributed by atoms with E-state index in [4.69, 9.17) is 11.5 Å². The molecule has 9 heteroatoms. The highest BCUT2D eigenvalue weighted by molar-refractivity contribution is 7.98. The molecular formula is C21H26N4O4S. The molecule has 160 valence electrons. The summed E-state index contributed by atoms with van der Waals surface area (Å²) in [6, 6.07) is 9.34. The highest BCUT2D eigenvalue weighted by atomic mass is 32.2. The largest absolute Gasteiger partial charge is 0.481 e. The van der Waals surface area contributed by atoms with E-state index in [-0.39, 0.29) is 37.7 Å². The van der Waals surface area contributed by atoms with Crippen molar-refractivity contribution in [3.63, 3.8) is 0 Å². The molecule has 1 aromatic rings. The van der Waals surface area contributed by atoms with Gasteiger partial charge in [-0.05, 0) is 12.0 Å². The number of aliphatic carboxylic acids is 1. The van der Waals surface area contributed by atoms with Crippen molar-refractivity contribution in [2.24, 2.45) is 0 Å². The van der Waals surface area contributed by atoms with Crippen LogP contribution in [-0.2, 0) is 20.1 Å². The van der Waals surface area contributed by atoms with Crippen LogP contribution in [0.25, 0.3) is 0 Å². The van der Waals surface area contributed by atoms with E-state index < -0.39 is 18.2 Å². The van der Waals surface area contributed by atoms with E-state index in [9.17, 15) is 14.4 Å². The molecule has 2 saturated heterocycles. The average Bonchev–Trinajstić information content (AvgIpc) is 2.72. The number of hydrazine groups is 1. The monoisotopic (exact) mass is 430 g/mol. The molecule has 0 spiro atoms. The summed E-state index contributed by atoms with van der Waals surface area (Å²) in [6.45, 7) is 1.22. The molecule has 2 atom stereocenters. The number of rotatable bonds is 9. The van der Waals surface area contributed by atoms with Gasteiger partial charge in [0.15, 0.2) is 0 Å². The second-order valence-electron chi connectivity index (χ2n) is 7.28. The van der Waals surface area contributed by atoms with Crippen molar-refractivity contribution in [1.82, 2.24) is 20.2 Å². The van der Waals surface area contributed by atoms with E-state index in [1.165, 1.54) is 10.5 Å². The molecule has 2 heterocycles. The van der Waals surface area contributed by atoms with E-state index >= 15 is 0 Å². The number of carbonyl (C=O) groups is 3. The van der Waals surface area contributed by atoms with Gasteiger partial charge in [0, 0.05) is 24.5 Å². The van der Waals surface area contributed by atoms with Gasteiger partial charge in [-0.1, -0.05) is 36.3 Å². The van der Waals surface area contributed by atoms with Crippen LogP contribution in [0.4, 0.5) is 0 Å². The Morgan fingerprint density at radius 1 is 1.30 bits per heavy atom. The molecule has 2 N–H and O–H groups in total. The molecule has 0 aliphatic carbocycles. The molecule has 3 rings (SSSR count). The lowest BCUT2D eigenvalue weighted by atomic mass is 10.0. The Bertz CT molecular complexity index is 813. The van der Waals surface area contributed by atoms with Gasteiger partial charge in [0.2, 0.25) is 11.8 Å². The molecule has 2 fully saturated rings. The van der Waals surface area contributed by atoms with Gasteiger partial charge in [0.25, 0.3) is 0 Å². The molecule has 0 radical (unpaired) electrons. The van der Waals surface area contributed by atoms with Crippen molar-refractivity contribution in [2.45, 2.75) is 30.8 Å². The van der Waals surface area contributed by atoms with Crippen molar-refractivity contribution < 1.29 is 19.5 Å². The number of hydrogen-bond acceptors (Lipinski definition) is 6. The van der Waals surface area contributed by atoms with Gasteiger partial charge < -0.3 is 14.9 Å². The highest BCUT2D eigenvalue weighted by Crippen LogP contribution is 2.24. The third-order valence-electron chi connectivity index (χ3n) is 5.14. The van der Waals surface area contributed by atoms with Gasteiger partial charge in [-0.3, -0.25) is 14.4 Å². The summed E-state index contributed by atoms with van der Waals surface area (Å²) in [4.78, 5) is 40.1. The molecule has 30 heavy (non-hydrogen) atoms. The minimum absolute atomic E-state index is 0.0600. The van der Waals surface area contributed by atoms with Crippen LogP contribution >= 0.6 is 11.8 Å². The van der Waals surface area contributed by atoms with Gasteiger partial charge >= 0.3 is 5.97 Å². The molecular weight excluding hydrogens is 404 g/mol. The topological polar surface area (TPSA) is 93.2 Å². The Balaban J connectivity index is 1.64. The van der Waals surface area contributed by atoms with Crippen molar-refractivity contribution in [1.29, 1.82) is 0 Å². The maximum Gasteiger partial charge on any atom is 0.303 e. The number of nitrogens with zero attached hydrogens (tertiary/aromatic N) is 3. The molecule has 0 aromatic heterocycles. The fraction of sp³-hybridized carbons (Fsp3) is 0.476. The highest BCUT2D eigenvalue weighted by Gasteiger charge is 2.45. The molecule has 8 nitrogen and oxygen atoms in total. The van der Waals surface area contributed by atoms with Gasteiger partial charge in [-0.2, -0.15) is 11.8 Å². The first kappa shape index (κ1) is 22.2. The van der Waals surface area contributed by atoms with Gasteiger partial charge in [-0.25, -0.2) is 10.4 Å². The third-order valence-corrected chi connectivity index (χ3v) is 6.15. The normalized spacial score (nSPS) is 22.0. The average molecular weight is 431 g/mol. The summed E-state index contributed by atoms with van der Waals surface area (Å²) in [5.41, 5.74) is 4.44. The van der Waals surface area contributed by atoms with Crippen molar-refractivity contribution >= 4 is 29.5 Å². The molecule has 1 aromatic carbocycles. The number of piperazine rings is 1. The fourth-order valence-electron chi connectivity index (χ4n) is 3.76. The number of hydrogen-bond donors (Lipinski definition) is 2. The smallest absolute Gasteiger partial charge is 0.303 e. The number of carbonyl (C=O) groups excluding carboxylic acids is 2. The van der Waals surface area contributed by atoms with E-state index in [1.54, 1.807) is 21.7 Å². The predicted molar refractivity (Wildman–Crippen MR) is 114 cm³/mol. The van der Waals surface area contributed by atoms with Gasteiger partial charge in [0.1, 0.15) is 12.2 Å². The maximum absolute atomic E-state index is 13.1. The molecule has 0 saturated carbocycles. The van der Waals surface area contributed by atoms with Crippen molar-refractivity contribution in [3.05, 3.63) is 35.9 Å². The molecule has 2 aliphatic heterocycles. The Hall–Kier alpha value is -2.54. The third kappa shape index (κ3) is 5.53. The maximum atomic E-state index is 13.1. The zero-order valence-electron chi connectivity index (χ0n) is 16.7. The van der Waals surface area contributed by atoms with Crippen LogP contribution < -0.4 is 5.43 Å². The number of nitrogens with one attached hydrogen (secondary N) is 1. The summed E-state index contributed by atoms with van der Waals surface area (Å²) in [5, 5.41) is 10.7.